The molecule has 2 aromatic rings. The van der Waals surface area contributed by atoms with Crippen LogP contribution in [0, 0.1) is 0 Å². The number of nitrogens with zero attached hydrogens (tertiary/aromatic N) is 6. The predicted molar refractivity (Wildman–Crippen MR) is 112 cm³/mol. The van der Waals surface area contributed by atoms with E-state index in [1.807, 2.05) is 6.07 Å². The zero-order valence-corrected chi connectivity index (χ0v) is 17.4. The van der Waals surface area contributed by atoms with E-state index >= 15 is 0 Å². The molecular formula is C22H32N6O. The van der Waals surface area contributed by atoms with Crippen molar-refractivity contribution in [3.63, 3.8) is 0 Å². The molecule has 1 saturated heterocycles. The Morgan fingerprint density at radius 1 is 0.862 bits per heavy atom. The molecule has 0 unspecified atom stereocenters. The first-order chi connectivity index (χ1) is 14.3. The number of imidazole rings is 1. The monoisotopic (exact) mass is 396 g/mol. The Hall–Kier alpha value is -1.99. The molecule has 7 nitrogen and oxygen atoms in total. The Bertz CT molecular complexity index is 909. The van der Waals surface area contributed by atoms with E-state index in [9.17, 15) is 4.79 Å². The molecule has 0 spiro atoms. The Kier molecular flexibility index (Phi) is 5.50. The maximum absolute atomic E-state index is 12.4. The second-order valence-electron chi connectivity index (χ2n) is 8.78. The van der Waals surface area contributed by atoms with E-state index in [1.54, 1.807) is 4.68 Å². The van der Waals surface area contributed by atoms with E-state index in [2.05, 4.69) is 30.6 Å². The minimum Gasteiger partial charge on any atom is -0.331 e. The predicted octanol–water partition coefficient (Wildman–Crippen LogP) is 1.47. The fourth-order valence-electron chi connectivity index (χ4n) is 5.00. The van der Waals surface area contributed by atoms with E-state index < -0.39 is 0 Å². The smallest absolute Gasteiger partial charge is 0.267 e. The van der Waals surface area contributed by atoms with Gasteiger partial charge in [-0.2, -0.15) is 5.10 Å². The van der Waals surface area contributed by atoms with Crippen LogP contribution >= 0.6 is 0 Å². The summed E-state index contributed by atoms with van der Waals surface area (Å²) >= 11 is 0. The molecule has 0 saturated carbocycles. The lowest BCUT2D eigenvalue weighted by molar-refractivity contribution is 0.120. The first kappa shape index (κ1) is 19.0. The summed E-state index contributed by atoms with van der Waals surface area (Å²) in [5.41, 5.74) is 3.76. The van der Waals surface area contributed by atoms with Gasteiger partial charge in [-0.3, -0.25) is 14.6 Å². The molecule has 1 fully saturated rings. The third-order valence-electron chi connectivity index (χ3n) is 6.81. The van der Waals surface area contributed by atoms with Gasteiger partial charge >= 0.3 is 0 Å². The van der Waals surface area contributed by atoms with Crippen molar-refractivity contribution in [2.75, 3.05) is 32.7 Å². The number of hydrogen-bond donors (Lipinski definition) is 0. The van der Waals surface area contributed by atoms with Gasteiger partial charge in [0.25, 0.3) is 5.56 Å². The summed E-state index contributed by atoms with van der Waals surface area (Å²) in [4.78, 5) is 22.0. The lowest BCUT2D eigenvalue weighted by Crippen LogP contribution is -2.47. The molecule has 0 radical (unpaired) electrons. The highest BCUT2D eigenvalue weighted by Crippen LogP contribution is 2.18. The highest BCUT2D eigenvalue weighted by molar-refractivity contribution is 5.20. The minimum absolute atomic E-state index is 0.0646. The highest BCUT2D eigenvalue weighted by Gasteiger charge is 2.21. The maximum atomic E-state index is 12.4. The molecule has 2 aromatic heterocycles. The van der Waals surface area contributed by atoms with Crippen LogP contribution in [-0.2, 0) is 38.9 Å². The third-order valence-corrected chi connectivity index (χ3v) is 6.81. The highest BCUT2D eigenvalue weighted by atomic mass is 16.1. The Balaban J connectivity index is 1.13. The van der Waals surface area contributed by atoms with Crippen LogP contribution < -0.4 is 5.56 Å². The van der Waals surface area contributed by atoms with Crippen molar-refractivity contribution in [3.8, 4) is 0 Å². The van der Waals surface area contributed by atoms with Crippen LogP contribution in [0.2, 0.25) is 0 Å². The summed E-state index contributed by atoms with van der Waals surface area (Å²) in [6.07, 6.45) is 10.2. The van der Waals surface area contributed by atoms with Gasteiger partial charge in [-0.05, 0) is 44.1 Å². The van der Waals surface area contributed by atoms with Gasteiger partial charge in [0.05, 0.1) is 17.9 Å². The molecule has 0 bridgehead atoms. The summed E-state index contributed by atoms with van der Waals surface area (Å²) in [7, 11) is 0. The van der Waals surface area contributed by atoms with Gasteiger partial charge in [-0.25, -0.2) is 9.67 Å². The molecule has 3 aliphatic rings. The molecular weight excluding hydrogens is 364 g/mol. The van der Waals surface area contributed by atoms with Gasteiger partial charge in [0.2, 0.25) is 0 Å². The Labute approximate surface area is 172 Å². The summed E-state index contributed by atoms with van der Waals surface area (Å²) in [5, 5.41) is 4.66. The van der Waals surface area contributed by atoms with Crippen LogP contribution in [0.4, 0.5) is 0 Å². The molecule has 7 heteroatoms. The van der Waals surface area contributed by atoms with Crippen molar-refractivity contribution in [2.45, 2.75) is 64.6 Å². The van der Waals surface area contributed by atoms with E-state index in [1.165, 1.54) is 42.8 Å². The Morgan fingerprint density at radius 3 is 2.55 bits per heavy atom. The second kappa shape index (κ2) is 8.40. The van der Waals surface area contributed by atoms with Crippen LogP contribution in [0.1, 0.15) is 48.5 Å². The summed E-state index contributed by atoms with van der Waals surface area (Å²) in [5.74, 6) is 1.27. The topological polar surface area (TPSA) is 59.2 Å². The van der Waals surface area contributed by atoms with Gasteiger partial charge in [0, 0.05) is 64.5 Å². The standard InChI is InChI=1S/C22H32N6O/c29-22-15-18-5-1-2-6-20(18)24-28(22)14-13-25-9-11-26(12-10-25)17-19-16-23-21-7-3-4-8-27(19)21/h15-16H,1-14,17H2. The maximum Gasteiger partial charge on any atom is 0.267 e. The lowest BCUT2D eigenvalue weighted by atomic mass is 9.97. The van der Waals surface area contributed by atoms with Gasteiger partial charge in [-0.1, -0.05) is 0 Å². The van der Waals surface area contributed by atoms with Crippen molar-refractivity contribution in [1.29, 1.82) is 0 Å². The fraction of sp³-hybridized carbons (Fsp3) is 0.682. The first-order valence-electron chi connectivity index (χ1n) is 11.3. The van der Waals surface area contributed by atoms with E-state index in [4.69, 9.17) is 0 Å². The average molecular weight is 397 g/mol. The van der Waals surface area contributed by atoms with E-state index in [0.717, 1.165) is 70.8 Å². The largest absolute Gasteiger partial charge is 0.331 e. The molecule has 1 aliphatic carbocycles. The third kappa shape index (κ3) is 4.16. The van der Waals surface area contributed by atoms with Crippen molar-refractivity contribution in [2.24, 2.45) is 0 Å². The minimum atomic E-state index is 0.0646. The molecule has 4 heterocycles. The summed E-state index contributed by atoms with van der Waals surface area (Å²) in [6.45, 7) is 8.01. The number of hydrogen-bond acceptors (Lipinski definition) is 5. The van der Waals surface area contributed by atoms with E-state index in [0.29, 0.717) is 6.54 Å². The zero-order valence-electron chi connectivity index (χ0n) is 17.4. The van der Waals surface area contributed by atoms with Crippen molar-refractivity contribution in [1.82, 2.24) is 29.1 Å². The molecule has 5 rings (SSSR count). The average Bonchev–Trinajstić information content (AvgIpc) is 3.16. The zero-order chi connectivity index (χ0) is 19.6. The first-order valence-corrected chi connectivity index (χ1v) is 11.3. The number of aromatic nitrogens is 4. The van der Waals surface area contributed by atoms with Gasteiger partial charge in [0.15, 0.2) is 0 Å². The number of aryl methyl sites for hydroxylation is 3. The molecule has 29 heavy (non-hydrogen) atoms. The molecule has 0 aromatic carbocycles. The molecule has 156 valence electrons. The Morgan fingerprint density at radius 2 is 1.66 bits per heavy atom. The van der Waals surface area contributed by atoms with Crippen molar-refractivity contribution in [3.05, 3.63) is 45.4 Å². The summed E-state index contributed by atoms with van der Waals surface area (Å²) in [6, 6.07) is 1.83. The quantitative estimate of drug-likeness (QED) is 0.766. The molecule has 0 atom stereocenters. The second-order valence-corrected chi connectivity index (χ2v) is 8.78. The van der Waals surface area contributed by atoms with Crippen molar-refractivity contribution < 1.29 is 0 Å². The van der Waals surface area contributed by atoms with Gasteiger partial charge < -0.3 is 4.57 Å². The van der Waals surface area contributed by atoms with Gasteiger partial charge in [0.1, 0.15) is 5.82 Å². The summed E-state index contributed by atoms with van der Waals surface area (Å²) < 4.78 is 4.12. The molecule has 0 amide bonds. The molecule has 2 aliphatic heterocycles. The van der Waals surface area contributed by atoms with Gasteiger partial charge in [-0.15, -0.1) is 0 Å². The fourth-order valence-corrected chi connectivity index (χ4v) is 5.00. The number of piperazine rings is 1. The normalized spacial score (nSPS) is 20.4. The SMILES string of the molecule is O=c1cc2c(nn1CCN1CCN(Cc3cnc4n3CCCC4)CC1)CCCC2. The van der Waals surface area contributed by atoms with Crippen LogP contribution in [0.5, 0.6) is 0 Å². The van der Waals surface area contributed by atoms with Crippen LogP contribution in [-0.4, -0.2) is 61.9 Å². The van der Waals surface area contributed by atoms with Crippen LogP contribution in [0.25, 0.3) is 0 Å². The van der Waals surface area contributed by atoms with Crippen LogP contribution in [0.15, 0.2) is 17.1 Å². The number of fused-ring (bicyclic) bond motifs is 2. The van der Waals surface area contributed by atoms with Crippen LogP contribution in [0.3, 0.4) is 0 Å². The molecule has 0 N–H and O–H groups in total. The van der Waals surface area contributed by atoms with E-state index in [-0.39, 0.29) is 5.56 Å². The number of rotatable bonds is 5. The van der Waals surface area contributed by atoms with Crippen molar-refractivity contribution >= 4 is 0 Å². The lowest BCUT2D eigenvalue weighted by Gasteiger charge is -2.34.